The summed E-state index contributed by atoms with van der Waals surface area (Å²) in [5.74, 6) is 0.836. The van der Waals surface area contributed by atoms with Crippen LogP contribution in [0, 0.1) is 5.92 Å². The van der Waals surface area contributed by atoms with Gasteiger partial charge in [0.25, 0.3) is 5.91 Å². The number of hydrogen-bond donors (Lipinski definition) is 1. The Labute approximate surface area is 162 Å². The number of ether oxygens (including phenoxy) is 3. The summed E-state index contributed by atoms with van der Waals surface area (Å²) in [4.78, 5) is 26.2. The van der Waals surface area contributed by atoms with E-state index in [4.69, 9.17) is 14.2 Å². The van der Waals surface area contributed by atoms with E-state index in [9.17, 15) is 9.59 Å². The number of thiophene rings is 1. The summed E-state index contributed by atoms with van der Waals surface area (Å²) < 4.78 is 15.5. The van der Waals surface area contributed by atoms with Gasteiger partial charge in [0.15, 0.2) is 6.61 Å². The first-order valence-corrected chi connectivity index (χ1v) is 9.62. The van der Waals surface area contributed by atoms with Crippen molar-refractivity contribution < 1.29 is 23.8 Å². The van der Waals surface area contributed by atoms with E-state index in [-0.39, 0.29) is 6.61 Å². The Kier molecular flexibility index (Phi) is 6.01. The lowest BCUT2D eigenvalue weighted by Crippen LogP contribution is -2.21. The van der Waals surface area contributed by atoms with Gasteiger partial charge in [-0.05, 0) is 48.9 Å². The lowest BCUT2D eigenvalue weighted by atomic mass is 9.90. The summed E-state index contributed by atoms with van der Waals surface area (Å²) in [6.07, 6.45) is 3.15. The quantitative estimate of drug-likeness (QED) is 0.763. The highest BCUT2D eigenvalue weighted by molar-refractivity contribution is 7.14. The Morgan fingerprint density at radius 2 is 2.04 bits per heavy atom. The highest BCUT2D eigenvalue weighted by Crippen LogP contribution is 2.32. The fourth-order valence-corrected chi connectivity index (χ4v) is 4.20. The first-order chi connectivity index (χ1) is 13.0. The normalized spacial score (nSPS) is 15.6. The smallest absolute Gasteiger partial charge is 0.348 e. The molecule has 1 heterocycles. The number of esters is 1. The van der Waals surface area contributed by atoms with E-state index in [0.29, 0.717) is 28.0 Å². The Bertz CT molecular complexity index is 845. The topological polar surface area (TPSA) is 73.9 Å². The van der Waals surface area contributed by atoms with Gasteiger partial charge in [-0.15, -0.1) is 11.3 Å². The molecule has 3 rings (SSSR count). The van der Waals surface area contributed by atoms with E-state index in [1.165, 1.54) is 28.9 Å². The molecule has 0 unspecified atom stereocenters. The van der Waals surface area contributed by atoms with E-state index in [2.05, 4.69) is 12.2 Å². The van der Waals surface area contributed by atoms with Gasteiger partial charge in [-0.3, -0.25) is 4.79 Å². The molecule has 1 aromatic carbocycles. The Balaban J connectivity index is 1.57. The molecule has 0 bridgehead atoms. The van der Waals surface area contributed by atoms with Crippen LogP contribution in [-0.2, 0) is 22.4 Å². The summed E-state index contributed by atoms with van der Waals surface area (Å²) in [7, 11) is 3.05. The van der Waals surface area contributed by atoms with Crippen molar-refractivity contribution in [1.82, 2.24) is 0 Å². The van der Waals surface area contributed by atoms with Gasteiger partial charge in [0, 0.05) is 10.9 Å². The van der Waals surface area contributed by atoms with Crippen LogP contribution in [0.4, 0.5) is 5.69 Å². The minimum Gasteiger partial charge on any atom is -0.497 e. The van der Waals surface area contributed by atoms with Crippen LogP contribution in [0.25, 0.3) is 0 Å². The zero-order valence-electron chi connectivity index (χ0n) is 15.7. The zero-order chi connectivity index (χ0) is 19.4. The minimum atomic E-state index is -0.459. The average Bonchev–Trinajstić information content (AvgIpc) is 3.09. The highest BCUT2D eigenvalue weighted by atomic mass is 32.1. The van der Waals surface area contributed by atoms with Crippen LogP contribution in [0.3, 0.4) is 0 Å². The van der Waals surface area contributed by atoms with Gasteiger partial charge >= 0.3 is 5.97 Å². The van der Waals surface area contributed by atoms with E-state index in [1.54, 1.807) is 25.3 Å². The molecule has 7 heteroatoms. The molecule has 1 amide bonds. The fourth-order valence-electron chi connectivity index (χ4n) is 3.10. The van der Waals surface area contributed by atoms with Gasteiger partial charge in [0.2, 0.25) is 0 Å². The molecule has 0 fully saturated rings. The summed E-state index contributed by atoms with van der Waals surface area (Å²) in [6, 6.07) is 6.95. The van der Waals surface area contributed by atoms with Gasteiger partial charge in [-0.25, -0.2) is 4.79 Å². The highest BCUT2D eigenvalue weighted by Gasteiger charge is 2.22. The second-order valence-electron chi connectivity index (χ2n) is 6.60. The first-order valence-electron chi connectivity index (χ1n) is 8.80. The van der Waals surface area contributed by atoms with Crippen LogP contribution >= 0.6 is 11.3 Å². The molecule has 0 saturated carbocycles. The molecule has 1 aliphatic rings. The Morgan fingerprint density at radius 1 is 1.22 bits per heavy atom. The van der Waals surface area contributed by atoms with E-state index in [0.717, 1.165) is 19.3 Å². The standard InChI is InChI=1S/C20H23NO5S/c1-12-4-7-17-13(8-12)9-18(27-17)20(23)26-11-19(22)21-15-6-5-14(24-2)10-16(15)25-3/h5-6,9-10,12H,4,7-8,11H2,1-3H3,(H,21,22)/t12-/m1/s1. The molecule has 1 aromatic heterocycles. The van der Waals surface area contributed by atoms with E-state index < -0.39 is 11.9 Å². The fraction of sp³-hybridized carbons (Fsp3) is 0.400. The van der Waals surface area contributed by atoms with Crippen molar-refractivity contribution in [2.45, 2.75) is 26.2 Å². The number of rotatable bonds is 6. The van der Waals surface area contributed by atoms with Crippen molar-refractivity contribution in [3.05, 3.63) is 39.6 Å². The number of aryl methyl sites for hydroxylation is 1. The molecule has 27 heavy (non-hydrogen) atoms. The number of methoxy groups -OCH3 is 2. The maximum atomic E-state index is 12.3. The molecule has 6 nitrogen and oxygen atoms in total. The van der Waals surface area contributed by atoms with E-state index in [1.807, 2.05) is 6.07 Å². The van der Waals surface area contributed by atoms with Gasteiger partial charge in [-0.1, -0.05) is 6.92 Å². The van der Waals surface area contributed by atoms with Crippen LogP contribution in [0.1, 0.15) is 33.5 Å². The van der Waals surface area contributed by atoms with Crippen molar-refractivity contribution in [2.75, 3.05) is 26.1 Å². The predicted molar refractivity (Wildman–Crippen MR) is 104 cm³/mol. The van der Waals surface area contributed by atoms with Gasteiger partial charge < -0.3 is 19.5 Å². The third-order valence-corrected chi connectivity index (χ3v) is 5.76. The molecule has 0 saturated heterocycles. The van der Waals surface area contributed by atoms with Gasteiger partial charge in [-0.2, -0.15) is 0 Å². The molecular weight excluding hydrogens is 366 g/mol. The van der Waals surface area contributed by atoms with Crippen molar-refractivity contribution in [2.24, 2.45) is 5.92 Å². The maximum absolute atomic E-state index is 12.3. The number of carbonyl (C=O) groups is 2. The number of fused-ring (bicyclic) bond motifs is 1. The largest absolute Gasteiger partial charge is 0.497 e. The van der Waals surface area contributed by atoms with Crippen LogP contribution in [-0.4, -0.2) is 32.7 Å². The molecular formula is C20H23NO5S. The summed E-state index contributed by atoms with van der Waals surface area (Å²) in [5.41, 5.74) is 1.72. The maximum Gasteiger partial charge on any atom is 0.348 e. The number of amides is 1. The lowest BCUT2D eigenvalue weighted by Gasteiger charge is -2.16. The average molecular weight is 389 g/mol. The third kappa shape index (κ3) is 4.60. The van der Waals surface area contributed by atoms with Crippen molar-refractivity contribution in [1.29, 1.82) is 0 Å². The van der Waals surface area contributed by atoms with Crippen molar-refractivity contribution in [3.63, 3.8) is 0 Å². The van der Waals surface area contributed by atoms with Crippen molar-refractivity contribution in [3.8, 4) is 11.5 Å². The SMILES string of the molecule is COc1ccc(NC(=O)COC(=O)c2cc3c(s2)CC[C@@H](C)C3)c(OC)c1. The van der Waals surface area contributed by atoms with Crippen LogP contribution < -0.4 is 14.8 Å². The molecule has 1 atom stereocenters. The second kappa shape index (κ2) is 8.43. The predicted octanol–water partition coefficient (Wildman–Crippen LogP) is 3.69. The Morgan fingerprint density at radius 3 is 2.78 bits per heavy atom. The summed E-state index contributed by atoms with van der Waals surface area (Å²) >= 11 is 1.47. The molecule has 0 spiro atoms. The number of benzene rings is 1. The van der Waals surface area contributed by atoms with Crippen molar-refractivity contribution >= 4 is 28.9 Å². The van der Waals surface area contributed by atoms with E-state index >= 15 is 0 Å². The number of hydrogen-bond acceptors (Lipinski definition) is 6. The number of carbonyl (C=O) groups excluding carboxylic acids is 2. The molecule has 2 aromatic rings. The zero-order valence-corrected chi connectivity index (χ0v) is 16.5. The molecule has 144 valence electrons. The van der Waals surface area contributed by atoms with Gasteiger partial charge in [0.05, 0.1) is 19.9 Å². The third-order valence-electron chi connectivity index (χ3n) is 4.55. The number of nitrogens with one attached hydrogen (secondary N) is 1. The lowest BCUT2D eigenvalue weighted by molar-refractivity contribution is -0.119. The molecule has 0 radical (unpaired) electrons. The summed E-state index contributed by atoms with van der Waals surface area (Å²) in [5, 5.41) is 2.68. The van der Waals surface area contributed by atoms with Crippen LogP contribution in [0.5, 0.6) is 11.5 Å². The second-order valence-corrected chi connectivity index (χ2v) is 7.73. The molecule has 1 N–H and O–H groups in total. The Hall–Kier alpha value is -2.54. The molecule has 0 aliphatic heterocycles. The minimum absolute atomic E-state index is 0.354. The summed E-state index contributed by atoms with van der Waals surface area (Å²) in [6.45, 7) is 1.86. The number of anilines is 1. The first kappa shape index (κ1) is 19.2. The van der Waals surface area contributed by atoms with Crippen LogP contribution in [0.15, 0.2) is 24.3 Å². The van der Waals surface area contributed by atoms with Gasteiger partial charge in [0.1, 0.15) is 16.4 Å². The molecule has 1 aliphatic carbocycles. The monoisotopic (exact) mass is 389 g/mol. The van der Waals surface area contributed by atoms with Crippen LogP contribution in [0.2, 0.25) is 0 Å².